The molecule has 108 valence electrons. The topological polar surface area (TPSA) is 39.1 Å². The molecule has 0 saturated heterocycles. The maximum absolute atomic E-state index is 6.29. The molecule has 1 N–H and O–H groups in total. The van der Waals surface area contributed by atoms with Crippen LogP contribution in [0.1, 0.15) is 24.2 Å². The molecule has 1 aromatic carbocycles. The average molecular weight is 359 g/mol. The number of nitrogens with zero attached hydrogens (tertiary/aromatic N) is 2. The van der Waals surface area contributed by atoms with Gasteiger partial charge in [-0.15, -0.1) is 0 Å². The van der Waals surface area contributed by atoms with Crippen molar-refractivity contribution in [2.45, 2.75) is 19.5 Å². The number of hydrogen-bond donors (Lipinski definition) is 1. The van der Waals surface area contributed by atoms with Crippen LogP contribution in [0.3, 0.4) is 0 Å². The molecule has 0 fully saturated rings. The maximum atomic E-state index is 6.29. The zero-order valence-electron chi connectivity index (χ0n) is 11.7. The van der Waals surface area contributed by atoms with Crippen LogP contribution < -0.4 is 10.1 Å². The normalized spacial score (nSPS) is 12.4. The van der Waals surface area contributed by atoms with Crippen molar-refractivity contribution in [3.63, 3.8) is 0 Å². The first kappa shape index (κ1) is 15.4. The van der Waals surface area contributed by atoms with Crippen molar-refractivity contribution >= 4 is 27.5 Å². The van der Waals surface area contributed by atoms with Gasteiger partial charge in [-0.2, -0.15) is 5.10 Å². The molecule has 1 heterocycles. The number of ether oxygens (including phenoxy) is 1. The van der Waals surface area contributed by atoms with Crippen molar-refractivity contribution in [2.24, 2.45) is 0 Å². The van der Waals surface area contributed by atoms with Crippen LogP contribution in [0.4, 0.5) is 0 Å². The molecule has 0 radical (unpaired) electrons. The summed E-state index contributed by atoms with van der Waals surface area (Å²) in [5.41, 5.74) is 2.06. The third-order valence-corrected chi connectivity index (χ3v) is 4.11. The molecule has 0 amide bonds. The minimum atomic E-state index is -0.0212. The highest BCUT2D eigenvalue weighted by atomic mass is 79.9. The van der Waals surface area contributed by atoms with Gasteiger partial charge in [-0.1, -0.05) is 17.7 Å². The molecular weight excluding hydrogens is 342 g/mol. The van der Waals surface area contributed by atoms with Gasteiger partial charge in [0.05, 0.1) is 34.5 Å². The van der Waals surface area contributed by atoms with Gasteiger partial charge in [0.25, 0.3) is 0 Å². The molecule has 6 heteroatoms. The maximum Gasteiger partial charge on any atom is 0.133 e. The Balaban J connectivity index is 2.47. The molecule has 1 aromatic heterocycles. The summed E-state index contributed by atoms with van der Waals surface area (Å²) < 4.78 is 8.08. The Morgan fingerprint density at radius 3 is 2.80 bits per heavy atom. The molecule has 0 aliphatic heterocycles. The standard InChI is InChI=1S/C14H17BrClN3O/c1-4-19-14(11(16)8-18-19)13(17-2)9-5-6-12(20-3)10(15)7-9/h5-8,13,17H,4H2,1-3H3. The summed E-state index contributed by atoms with van der Waals surface area (Å²) in [6, 6.07) is 5.97. The highest BCUT2D eigenvalue weighted by Crippen LogP contribution is 2.32. The summed E-state index contributed by atoms with van der Waals surface area (Å²) in [6.07, 6.45) is 1.68. The monoisotopic (exact) mass is 357 g/mol. The van der Waals surface area contributed by atoms with Crippen LogP contribution in [0.5, 0.6) is 5.75 Å². The van der Waals surface area contributed by atoms with Crippen molar-refractivity contribution in [3.8, 4) is 5.75 Å². The van der Waals surface area contributed by atoms with E-state index in [4.69, 9.17) is 16.3 Å². The number of aromatic nitrogens is 2. The molecule has 1 unspecified atom stereocenters. The summed E-state index contributed by atoms with van der Waals surface area (Å²) >= 11 is 9.80. The summed E-state index contributed by atoms with van der Waals surface area (Å²) in [4.78, 5) is 0. The molecule has 0 spiro atoms. The zero-order valence-corrected chi connectivity index (χ0v) is 14.0. The first-order valence-corrected chi connectivity index (χ1v) is 7.51. The van der Waals surface area contributed by atoms with E-state index < -0.39 is 0 Å². The summed E-state index contributed by atoms with van der Waals surface area (Å²) in [6.45, 7) is 2.82. The van der Waals surface area contributed by atoms with Gasteiger partial charge in [-0.3, -0.25) is 4.68 Å². The molecule has 1 atom stereocenters. The third kappa shape index (κ3) is 2.85. The van der Waals surface area contributed by atoms with Gasteiger partial charge in [0.15, 0.2) is 0 Å². The molecule has 0 saturated carbocycles. The molecule has 2 aromatic rings. The van der Waals surface area contributed by atoms with Crippen LogP contribution in [-0.2, 0) is 6.54 Å². The van der Waals surface area contributed by atoms with Crippen molar-refractivity contribution in [3.05, 3.63) is 45.1 Å². The van der Waals surface area contributed by atoms with Crippen LogP contribution in [-0.4, -0.2) is 23.9 Å². The Labute approximate surface area is 132 Å². The highest BCUT2D eigenvalue weighted by Gasteiger charge is 2.21. The lowest BCUT2D eigenvalue weighted by Crippen LogP contribution is -2.21. The van der Waals surface area contributed by atoms with Crippen LogP contribution in [0.25, 0.3) is 0 Å². The van der Waals surface area contributed by atoms with Crippen LogP contribution >= 0.6 is 27.5 Å². The van der Waals surface area contributed by atoms with Gasteiger partial charge in [-0.25, -0.2) is 0 Å². The fraction of sp³-hybridized carbons (Fsp3) is 0.357. The predicted molar refractivity (Wildman–Crippen MR) is 84.5 cm³/mol. The second-order valence-electron chi connectivity index (χ2n) is 4.31. The van der Waals surface area contributed by atoms with Gasteiger partial charge in [-0.05, 0) is 47.6 Å². The van der Waals surface area contributed by atoms with E-state index in [0.29, 0.717) is 5.02 Å². The van der Waals surface area contributed by atoms with E-state index in [0.717, 1.165) is 28.0 Å². The van der Waals surface area contributed by atoms with Crippen LogP contribution in [0, 0.1) is 0 Å². The van der Waals surface area contributed by atoms with Gasteiger partial charge in [0.1, 0.15) is 5.75 Å². The van der Waals surface area contributed by atoms with E-state index in [-0.39, 0.29) is 6.04 Å². The summed E-state index contributed by atoms with van der Waals surface area (Å²) in [5.74, 6) is 0.804. The smallest absolute Gasteiger partial charge is 0.133 e. The SMILES string of the molecule is CCn1ncc(Cl)c1C(NC)c1ccc(OC)c(Br)c1. The fourth-order valence-corrected chi connectivity index (χ4v) is 3.04. The van der Waals surface area contributed by atoms with E-state index in [1.807, 2.05) is 36.9 Å². The predicted octanol–water partition coefficient (Wildman–Crippen LogP) is 3.64. The average Bonchev–Trinajstić information content (AvgIpc) is 2.81. The van der Waals surface area contributed by atoms with Crippen molar-refractivity contribution in [2.75, 3.05) is 14.2 Å². The third-order valence-electron chi connectivity index (χ3n) is 3.20. The van der Waals surface area contributed by atoms with Crippen LogP contribution in [0.15, 0.2) is 28.9 Å². The van der Waals surface area contributed by atoms with Gasteiger partial charge in [0, 0.05) is 6.54 Å². The number of benzene rings is 1. The van der Waals surface area contributed by atoms with Crippen molar-refractivity contribution < 1.29 is 4.74 Å². The number of aryl methyl sites for hydroxylation is 1. The minimum Gasteiger partial charge on any atom is -0.496 e. The van der Waals surface area contributed by atoms with Gasteiger partial charge >= 0.3 is 0 Å². The van der Waals surface area contributed by atoms with Crippen molar-refractivity contribution in [1.29, 1.82) is 0 Å². The lowest BCUT2D eigenvalue weighted by molar-refractivity contribution is 0.411. The quantitative estimate of drug-likeness (QED) is 0.887. The largest absolute Gasteiger partial charge is 0.496 e. The number of methoxy groups -OCH3 is 1. The van der Waals surface area contributed by atoms with E-state index in [1.54, 1.807) is 13.3 Å². The summed E-state index contributed by atoms with van der Waals surface area (Å²) in [7, 11) is 3.56. The number of halogens is 2. The first-order valence-electron chi connectivity index (χ1n) is 6.34. The number of hydrogen-bond acceptors (Lipinski definition) is 3. The number of rotatable bonds is 5. The Hall–Kier alpha value is -1.04. The first-order chi connectivity index (χ1) is 9.62. The van der Waals surface area contributed by atoms with E-state index in [2.05, 4.69) is 26.3 Å². The Morgan fingerprint density at radius 1 is 1.50 bits per heavy atom. The second-order valence-corrected chi connectivity index (χ2v) is 5.57. The van der Waals surface area contributed by atoms with Crippen molar-refractivity contribution in [1.82, 2.24) is 15.1 Å². The molecule has 0 aliphatic carbocycles. The molecule has 4 nitrogen and oxygen atoms in total. The lowest BCUT2D eigenvalue weighted by atomic mass is 10.0. The fourth-order valence-electron chi connectivity index (χ4n) is 2.23. The Kier molecular flexibility index (Phi) is 5.07. The van der Waals surface area contributed by atoms with E-state index >= 15 is 0 Å². The second kappa shape index (κ2) is 6.61. The Bertz CT molecular complexity index is 600. The number of nitrogens with one attached hydrogen (secondary N) is 1. The van der Waals surface area contributed by atoms with Gasteiger partial charge < -0.3 is 10.1 Å². The summed E-state index contributed by atoms with van der Waals surface area (Å²) in [5, 5.41) is 8.25. The molecule has 2 rings (SSSR count). The molecule has 20 heavy (non-hydrogen) atoms. The minimum absolute atomic E-state index is 0.0212. The van der Waals surface area contributed by atoms with Gasteiger partial charge in [0.2, 0.25) is 0 Å². The van der Waals surface area contributed by atoms with E-state index in [1.165, 1.54) is 0 Å². The molecular formula is C14H17BrClN3O. The highest BCUT2D eigenvalue weighted by molar-refractivity contribution is 9.10. The Morgan fingerprint density at radius 2 is 2.25 bits per heavy atom. The lowest BCUT2D eigenvalue weighted by Gasteiger charge is -2.19. The zero-order chi connectivity index (χ0) is 14.7. The van der Waals surface area contributed by atoms with Crippen LogP contribution in [0.2, 0.25) is 5.02 Å². The molecule has 0 bridgehead atoms. The van der Waals surface area contributed by atoms with E-state index in [9.17, 15) is 0 Å². The molecule has 0 aliphatic rings.